The number of alkyl carbamates (subject to hydrolysis) is 1. The molecular formula is C22H26N4O3S. The van der Waals surface area contributed by atoms with Crippen LogP contribution in [-0.2, 0) is 22.4 Å². The van der Waals surface area contributed by atoms with E-state index >= 15 is 0 Å². The van der Waals surface area contributed by atoms with Crippen LogP contribution in [0.3, 0.4) is 0 Å². The molecule has 4 rings (SSSR count). The summed E-state index contributed by atoms with van der Waals surface area (Å²) >= 11 is 1.46. The average molecular weight is 427 g/mol. The highest BCUT2D eigenvalue weighted by molar-refractivity contribution is 7.17. The number of amides is 2. The molecule has 7 nitrogen and oxygen atoms in total. The number of fused-ring (bicyclic) bond motifs is 1. The number of thiophene rings is 1. The summed E-state index contributed by atoms with van der Waals surface area (Å²) in [6, 6.07) is 3.93. The first-order valence-corrected chi connectivity index (χ1v) is 11.2. The molecule has 158 valence electrons. The Balaban J connectivity index is 1.34. The molecule has 2 aromatic rings. The minimum Gasteiger partial charge on any atom is -0.446 e. The number of nitrogens with one attached hydrogen (secondary N) is 2. The minimum atomic E-state index is -0.325. The van der Waals surface area contributed by atoms with Crippen molar-refractivity contribution < 1.29 is 14.3 Å². The molecule has 2 amide bonds. The number of hydrogen-bond acceptors (Lipinski definition) is 6. The van der Waals surface area contributed by atoms with Crippen molar-refractivity contribution >= 4 is 40.1 Å². The van der Waals surface area contributed by atoms with Crippen molar-refractivity contribution in [2.75, 3.05) is 11.1 Å². The van der Waals surface area contributed by atoms with Crippen LogP contribution in [0.1, 0.15) is 48.1 Å². The van der Waals surface area contributed by atoms with Crippen molar-refractivity contribution in [1.29, 1.82) is 0 Å². The third kappa shape index (κ3) is 4.99. The van der Waals surface area contributed by atoms with Crippen LogP contribution in [0.25, 0.3) is 6.08 Å². The van der Waals surface area contributed by atoms with Gasteiger partial charge in [-0.2, -0.15) is 0 Å². The van der Waals surface area contributed by atoms with E-state index in [1.54, 1.807) is 18.5 Å². The molecular weight excluding hydrogens is 400 g/mol. The van der Waals surface area contributed by atoms with E-state index in [1.807, 2.05) is 12.1 Å². The smallest absolute Gasteiger partial charge is 0.407 e. The second-order valence-corrected chi connectivity index (χ2v) is 8.86. The lowest BCUT2D eigenvalue weighted by Gasteiger charge is -2.23. The van der Waals surface area contributed by atoms with Crippen molar-refractivity contribution in [3.63, 3.8) is 0 Å². The molecule has 0 aliphatic heterocycles. The average Bonchev–Trinajstić information content (AvgIpc) is 3.35. The van der Waals surface area contributed by atoms with E-state index in [2.05, 4.69) is 15.6 Å². The van der Waals surface area contributed by atoms with Gasteiger partial charge in [0.1, 0.15) is 11.1 Å². The van der Waals surface area contributed by atoms with Crippen molar-refractivity contribution in [2.45, 2.75) is 57.1 Å². The summed E-state index contributed by atoms with van der Waals surface area (Å²) in [5, 5.41) is 6.49. The van der Waals surface area contributed by atoms with Gasteiger partial charge >= 0.3 is 6.09 Å². The van der Waals surface area contributed by atoms with E-state index in [0.717, 1.165) is 54.5 Å². The van der Waals surface area contributed by atoms with Crippen LogP contribution in [0.15, 0.2) is 30.6 Å². The number of aromatic nitrogens is 1. The first kappa shape index (κ1) is 20.4. The van der Waals surface area contributed by atoms with Gasteiger partial charge in [0.25, 0.3) is 0 Å². The quantitative estimate of drug-likeness (QED) is 0.629. The molecule has 0 aromatic carbocycles. The lowest BCUT2D eigenvalue weighted by molar-refractivity contribution is -0.111. The summed E-state index contributed by atoms with van der Waals surface area (Å²) in [6.07, 6.45) is 12.6. The third-order valence-electron chi connectivity index (χ3n) is 5.56. The Bertz CT molecular complexity index is 935. The lowest BCUT2D eigenvalue weighted by atomic mass is 9.95. The fourth-order valence-electron chi connectivity index (χ4n) is 4.00. The van der Waals surface area contributed by atoms with Gasteiger partial charge in [0, 0.05) is 35.8 Å². The highest BCUT2D eigenvalue weighted by Gasteiger charge is 2.28. The Morgan fingerprint density at radius 3 is 2.87 bits per heavy atom. The molecule has 1 saturated carbocycles. The largest absolute Gasteiger partial charge is 0.446 e. The topological polar surface area (TPSA) is 106 Å². The van der Waals surface area contributed by atoms with Gasteiger partial charge in [0.15, 0.2) is 0 Å². The SMILES string of the molecule is Nc1c(NC(=O)/C=C/c2cccnc2)sc2c1CCC(OC(=O)NC1CCCC1)C2. The molecule has 4 N–H and O–H groups in total. The standard InChI is InChI=1S/C22H26N4O3S/c23-20-17-9-8-16(29-22(28)25-15-5-1-2-6-15)12-18(17)30-21(20)26-19(27)10-7-14-4-3-11-24-13-14/h3-4,7,10-11,13,15-16H,1-2,5-6,8-9,12,23H2,(H,25,28)(H,26,27)/b10-7+. The Hall–Kier alpha value is -2.87. The molecule has 30 heavy (non-hydrogen) atoms. The summed E-state index contributed by atoms with van der Waals surface area (Å²) in [5.41, 5.74) is 8.80. The van der Waals surface area contributed by atoms with E-state index in [9.17, 15) is 9.59 Å². The number of anilines is 2. The van der Waals surface area contributed by atoms with Gasteiger partial charge in [0.2, 0.25) is 5.91 Å². The predicted molar refractivity (Wildman–Crippen MR) is 118 cm³/mol. The second-order valence-electron chi connectivity index (χ2n) is 7.75. The Kier molecular flexibility index (Phi) is 6.32. The number of carbonyl (C=O) groups excluding carboxylic acids is 2. The fraction of sp³-hybridized carbons (Fsp3) is 0.409. The van der Waals surface area contributed by atoms with Crippen molar-refractivity contribution in [1.82, 2.24) is 10.3 Å². The Labute approximate surface area is 179 Å². The molecule has 8 heteroatoms. The van der Waals surface area contributed by atoms with Gasteiger partial charge < -0.3 is 21.1 Å². The number of hydrogen-bond donors (Lipinski definition) is 3. The lowest BCUT2D eigenvalue weighted by Crippen LogP contribution is -2.37. The monoisotopic (exact) mass is 426 g/mol. The summed E-state index contributed by atoms with van der Waals surface area (Å²) in [7, 11) is 0. The van der Waals surface area contributed by atoms with E-state index in [4.69, 9.17) is 10.5 Å². The number of ether oxygens (including phenoxy) is 1. The maximum atomic E-state index is 12.3. The van der Waals surface area contributed by atoms with Crippen molar-refractivity contribution in [3.8, 4) is 0 Å². The highest BCUT2D eigenvalue weighted by atomic mass is 32.1. The molecule has 2 aromatic heterocycles. The zero-order chi connectivity index (χ0) is 20.9. The van der Waals surface area contributed by atoms with Crippen molar-refractivity contribution in [2.24, 2.45) is 0 Å². The first-order valence-electron chi connectivity index (χ1n) is 10.3. The van der Waals surface area contributed by atoms with E-state index in [-0.39, 0.29) is 24.1 Å². The molecule has 0 spiro atoms. The second kappa shape index (κ2) is 9.30. The zero-order valence-electron chi connectivity index (χ0n) is 16.7. The van der Waals surface area contributed by atoms with Crippen LogP contribution in [0, 0.1) is 0 Å². The minimum absolute atomic E-state index is 0.161. The number of pyridine rings is 1. The number of nitrogen functional groups attached to an aromatic ring is 1. The van der Waals surface area contributed by atoms with Crippen LogP contribution in [-0.4, -0.2) is 29.1 Å². The molecule has 0 saturated heterocycles. The number of nitrogens with zero attached hydrogens (tertiary/aromatic N) is 1. The number of nitrogens with two attached hydrogens (primary N) is 1. The van der Waals surface area contributed by atoms with Crippen LogP contribution in [0.5, 0.6) is 0 Å². The van der Waals surface area contributed by atoms with Crippen LogP contribution in [0.2, 0.25) is 0 Å². The van der Waals surface area contributed by atoms with Gasteiger partial charge in [-0.1, -0.05) is 18.9 Å². The summed E-state index contributed by atoms with van der Waals surface area (Å²) in [6.45, 7) is 0. The Morgan fingerprint density at radius 1 is 1.27 bits per heavy atom. The van der Waals surface area contributed by atoms with E-state index in [0.29, 0.717) is 17.1 Å². The first-order chi connectivity index (χ1) is 14.6. The van der Waals surface area contributed by atoms with Crippen LogP contribution >= 0.6 is 11.3 Å². The van der Waals surface area contributed by atoms with Crippen molar-refractivity contribution in [3.05, 3.63) is 46.6 Å². The summed E-state index contributed by atoms with van der Waals surface area (Å²) in [5.74, 6) is -0.243. The molecule has 1 fully saturated rings. The summed E-state index contributed by atoms with van der Waals surface area (Å²) < 4.78 is 5.64. The van der Waals surface area contributed by atoms with E-state index < -0.39 is 0 Å². The van der Waals surface area contributed by atoms with Gasteiger partial charge in [0.05, 0.1) is 5.69 Å². The van der Waals surface area contributed by atoms with E-state index in [1.165, 1.54) is 17.4 Å². The maximum absolute atomic E-state index is 12.3. The normalized spacial score (nSPS) is 18.9. The van der Waals surface area contributed by atoms with Crippen LogP contribution < -0.4 is 16.4 Å². The predicted octanol–water partition coefficient (Wildman–Crippen LogP) is 3.90. The highest BCUT2D eigenvalue weighted by Crippen LogP contribution is 2.40. The van der Waals surface area contributed by atoms with Gasteiger partial charge in [-0.05, 0) is 49.0 Å². The van der Waals surface area contributed by atoms with Gasteiger partial charge in [-0.25, -0.2) is 4.79 Å². The summed E-state index contributed by atoms with van der Waals surface area (Å²) in [4.78, 5) is 29.5. The number of rotatable bonds is 5. The Morgan fingerprint density at radius 2 is 2.10 bits per heavy atom. The molecule has 0 bridgehead atoms. The molecule has 2 aliphatic rings. The molecule has 1 atom stereocenters. The molecule has 1 unspecified atom stereocenters. The molecule has 2 heterocycles. The number of carbonyl (C=O) groups is 2. The molecule has 0 radical (unpaired) electrons. The van der Waals surface area contributed by atoms with Gasteiger partial charge in [-0.15, -0.1) is 11.3 Å². The zero-order valence-corrected chi connectivity index (χ0v) is 17.5. The third-order valence-corrected chi connectivity index (χ3v) is 6.75. The van der Waals surface area contributed by atoms with Gasteiger partial charge in [-0.3, -0.25) is 9.78 Å². The maximum Gasteiger partial charge on any atom is 0.407 e. The molecule has 2 aliphatic carbocycles. The fourth-order valence-corrected chi connectivity index (χ4v) is 5.23. The van der Waals surface area contributed by atoms with Crippen LogP contribution in [0.4, 0.5) is 15.5 Å².